The number of carbonyl (C=O) groups is 1. The predicted molar refractivity (Wildman–Crippen MR) is 104 cm³/mol. The third-order valence-corrected chi connectivity index (χ3v) is 5.17. The Morgan fingerprint density at radius 1 is 0.968 bits per heavy atom. The maximum absolute atomic E-state index is 12.9. The van der Waals surface area contributed by atoms with E-state index >= 15 is 0 Å². The van der Waals surface area contributed by atoms with Crippen LogP contribution in [0, 0.1) is 20.2 Å². The lowest BCUT2D eigenvalue weighted by Gasteiger charge is -2.36. The molecule has 0 saturated carbocycles. The van der Waals surface area contributed by atoms with Crippen LogP contribution in [0.1, 0.15) is 15.9 Å². The highest BCUT2D eigenvalue weighted by atomic mass is 35.5. The van der Waals surface area contributed by atoms with E-state index in [0.29, 0.717) is 5.69 Å². The number of nitro groups is 2. The highest BCUT2D eigenvalue weighted by molar-refractivity contribution is 6.35. The standard InChI is InChI=1S/C18H14ClF3N4O5/c19-16-14(25(28)29)8-11(9-15(16)26(30)31)17(27)24-6-4-23(5-7-24)13-3-1-2-12(10-13)18(20,21)22/h1-3,8-10H,4-7H2. The van der Waals surface area contributed by atoms with E-state index in [2.05, 4.69) is 0 Å². The van der Waals surface area contributed by atoms with Crippen molar-refractivity contribution in [2.24, 2.45) is 0 Å². The maximum Gasteiger partial charge on any atom is 0.416 e. The number of carbonyl (C=O) groups excluding carboxylic acids is 1. The molecular formula is C18H14ClF3N4O5. The highest BCUT2D eigenvalue weighted by Gasteiger charge is 2.32. The Hall–Kier alpha value is -3.41. The van der Waals surface area contributed by atoms with Crippen molar-refractivity contribution in [1.29, 1.82) is 0 Å². The van der Waals surface area contributed by atoms with Crippen molar-refractivity contribution in [2.75, 3.05) is 31.1 Å². The van der Waals surface area contributed by atoms with E-state index in [0.717, 1.165) is 24.3 Å². The van der Waals surface area contributed by atoms with Crippen molar-refractivity contribution in [2.45, 2.75) is 6.18 Å². The molecule has 2 aromatic rings. The van der Waals surface area contributed by atoms with E-state index in [1.807, 2.05) is 0 Å². The number of nitro benzene ring substituents is 2. The maximum atomic E-state index is 12.9. The summed E-state index contributed by atoms with van der Waals surface area (Å²) in [6, 6.07) is 6.54. The van der Waals surface area contributed by atoms with Gasteiger partial charge in [0.05, 0.1) is 21.0 Å². The minimum Gasteiger partial charge on any atom is -0.368 e. The fraction of sp³-hybridized carbons (Fsp3) is 0.278. The first kappa shape index (κ1) is 22.3. The molecule has 0 aliphatic carbocycles. The summed E-state index contributed by atoms with van der Waals surface area (Å²) in [5.41, 5.74) is -2.23. The Kier molecular flexibility index (Phi) is 6.02. The monoisotopic (exact) mass is 458 g/mol. The number of alkyl halides is 3. The zero-order valence-corrected chi connectivity index (χ0v) is 16.4. The molecule has 0 spiro atoms. The topological polar surface area (TPSA) is 110 Å². The highest BCUT2D eigenvalue weighted by Crippen LogP contribution is 2.35. The lowest BCUT2D eigenvalue weighted by atomic mass is 10.1. The lowest BCUT2D eigenvalue weighted by molar-refractivity contribution is -0.393. The minimum absolute atomic E-state index is 0.110. The first-order valence-corrected chi connectivity index (χ1v) is 9.20. The van der Waals surface area contributed by atoms with Gasteiger partial charge < -0.3 is 9.80 Å². The van der Waals surface area contributed by atoms with E-state index in [-0.39, 0.29) is 31.7 Å². The molecule has 1 fully saturated rings. The van der Waals surface area contributed by atoms with Crippen molar-refractivity contribution in [3.8, 4) is 0 Å². The molecule has 1 saturated heterocycles. The Bertz CT molecular complexity index is 1020. The number of hydrogen-bond donors (Lipinski definition) is 0. The molecule has 3 rings (SSSR count). The van der Waals surface area contributed by atoms with Crippen LogP contribution in [0.25, 0.3) is 0 Å². The third kappa shape index (κ3) is 4.68. The molecule has 2 aromatic carbocycles. The second kappa shape index (κ2) is 8.38. The molecule has 13 heteroatoms. The average Bonchev–Trinajstić information content (AvgIpc) is 2.72. The molecule has 0 radical (unpaired) electrons. The number of piperazine rings is 1. The zero-order valence-electron chi connectivity index (χ0n) is 15.6. The van der Waals surface area contributed by atoms with Gasteiger partial charge in [-0.2, -0.15) is 13.2 Å². The third-order valence-electron chi connectivity index (χ3n) is 4.78. The largest absolute Gasteiger partial charge is 0.416 e. The number of nitrogens with zero attached hydrogens (tertiary/aromatic N) is 4. The van der Waals surface area contributed by atoms with Gasteiger partial charge in [0.2, 0.25) is 0 Å². The predicted octanol–water partition coefficient (Wildman–Crippen LogP) is 4.14. The van der Waals surface area contributed by atoms with E-state index in [1.165, 1.54) is 17.0 Å². The summed E-state index contributed by atoms with van der Waals surface area (Å²) in [5, 5.41) is 21.6. The molecule has 1 aliphatic rings. The quantitative estimate of drug-likeness (QED) is 0.503. The first-order valence-electron chi connectivity index (χ1n) is 8.83. The molecule has 1 heterocycles. The second-order valence-electron chi connectivity index (χ2n) is 6.67. The Balaban J connectivity index is 1.78. The smallest absolute Gasteiger partial charge is 0.368 e. The zero-order chi connectivity index (χ0) is 22.9. The van der Waals surface area contributed by atoms with Gasteiger partial charge >= 0.3 is 6.18 Å². The van der Waals surface area contributed by atoms with Crippen LogP contribution < -0.4 is 4.90 Å². The number of hydrogen-bond acceptors (Lipinski definition) is 6. The van der Waals surface area contributed by atoms with Gasteiger partial charge in [-0.25, -0.2) is 0 Å². The van der Waals surface area contributed by atoms with Gasteiger partial charge in [0.1, 0.15) is 0 Å². The van der Waals surface area contributed by atoms with Gasteiger partial charge in [-0.3, -0.25) is 25.0 Å². The summed E-state index contributed by atoms with van der Waals surface area (Å²) < 4.78 is 38.8. The Morgan fingerprint density at radius 3 is 2.00 bits per heavy atom. The SMILES string of the molecule is O=C(c1cc([N+](=O)[O-])c(Cl)c([N+](=O)[O-])c1)N1CCN(c2cccc(C(F)(F)F)c2)CC1. The number of halogens is 4. The Morgan fingerprint density at radius 2 is 1.52 bits per heavy atom. The van der Waals surface area contributed by atoms with E-state index in [4.69, 9.17) is 11.6 Å². The summed E-state index contributed by atoms with van der Waals surface area (Å²) >= 11 is 5.70. The fourth-order valence-corrected chi connectivity index (χ4v) is 3.46. The average molecular weight is 459 g/mol. The van der Waals surface area contributed by atoms with Crippen molar-refractivity contribution < 1.29 is 27.8 Å². The lowest BCUT2D eigenvalue weighted by Crippen LogP contribution is -2.48. The van der Waals surface area contributed by atoms with Gasteiger partial charge in [0.25, 0.3) is 17.3 Å². The van der Waals surface area contributed by atoms with Crippen LogP contribution in [0.2, 0.25) is 5.02 Å². The van der Waals surface area contributed by atoms with Gasteiger partial charge in [-0.1, -0.05) is 17.7 Å². The summed E-state index contributed by atoms with van der Waals surface area (Å²) in [6.07, 6.45) is -4.48. The van der Waals surface area contributed by atoms with Gasteiger partial charge in [0.15, 0.2) is 5.02 Å². The summed E-state index contributed by atoms with van der Waals surface area (Å²) in [5.74, 6) is -0.674. The number of anilines is 1. The molecule has 164 valence electrons. The van der Waals surface area contributed by atoms with Crippen molar-refractivity contribution >= 4 is 34.6 Å². The molecule has 0 aromatic heterocycles. The van der Waals surface area contributed by atoms with E-state index in [1.54, 1.807) is 4.90 Å². The molecule has 31 heavy (non-hydrogen) atoms. The number of rotatable bonds is 4. The minimum atomic E-state index is -4.48. The summed E-state index contributed by atoms with van der Waals surface area (Å²) in [6.45, 7) is 0.647. The van der Waals surface area contributed by atoms with Crippen molar-refractivity contribution in [3.05, 3.63) is 72.8 Å². The number of amides is 1. The normalized spacial score (nSPS) is 14.5. The van der Waals surface area contributed by atoms with Gasteiger partial charge in [0, 0.05) is 44.0 Å². The summed E-state index contributed by atoms with van der Waals surface area (Å²) in [4.78, 5) is 36.2. The molecule has 9 nitrogen and oxygen atoms in total. The molecule has 0 atom stereocenters. The molecule has 1 aliphatic heterocycles. The molecular weight excluding hydrogens is 445 g/mol. The number of benzene rings is 2. The van der Waals surface area contributed by atoms with Crippen LogP contribution in [0.5, 0.6) is 0 Å². The van der Waals surface area contributed by atoms with Crippen LogP contribution >= 0.6 is 11.6 Å². The summed E-state index contributed by atoms with van der Waals surface area (Å²) in [7, 11) is 0. The van der Waals surface area contributed by atoms with Crippen LogP contribution in [0.15, 0.2) is 36.4 Å². The van der Waals surface area contributed by atoms with Crippen LogP contribution in [-0.4, -0.2) is 46.8 Å². The molecule has 0 bridgehead atoms. The fourth-order valence-electron chi connectivity index (χ4n) is 3.21. The van der Waals surface area contributed by atoms with Gasteiger partial charge in [-0.05, 0) is 18.2 Å². The van der Waals surface area contributed by atoms with Crippen molar-refractivity contribution in [1.82, 2.24) is 4.90 Å². The molecule has 0 N–H and O–H groups in total. The van der Waals surface area contributed by atoms with Gasteiger partial charge in [-0.15, -0.1) is 0 Å². The molecule has 0 unspecified atom stereocenters. The van der Waals surface area contributed by atoms with Crippen LogP contribution in [-0.2, 0) is 6.18 Å². The van der Waals surface area contributed by atoms with E-state index in [9.17, 15) is 38.2 Å². The van der Waals surface area contributed by atoms with E-state index < -0.39 is 43.9 Å². The molecule has 1 amide bonds. The second-order valence-corrected chi connectivity index (χ2v) is 7.05. The van der Waals surface area contributed by atoms with Crippen molar-refractivity contribution in [3.63, 3.8) is 0 Å². The Labute approximate surface area is 177 Å². The first-order chi connectivity index (χ1) is 14.5. The van der Waals surface area contributed by atoms with Crippen LogP contribution in [0.3, 0.4) is 0 Å². The van der Waals surface area contributed by atoms with Crippen LogP contribution in [0.4, 0.5) is 30.2 Å².